The summed E-state index contributed by atoms with van der Waals surface area (Å²) in [5, 5.41) is 0. The predicted octanol–water partition coefficient (Wildman–Crippen LogP) is 9.28. The molecule has 2 fully saturated rings. The van der Waals surface area contributed by atoms with Gasteiger partial charge in [0.2, 0.25) is 0 Å². The highest BCUT2D eigenvalue weighted by Gasteiger charge is 2.40. The Balaban J connectivity index is 1.72. The summed E-state index contributed by atoms with van der Waals surface area (Å²) in [6.07, 6.45) is 20.8. The van der Waals surface area contributed by atoms with Crippen molar-refractivity contribution in [2.24, 2.45) is 40.9 Å². The second kappa shape index (κ2) is 11.3. The van der Waals surface area contributed by atoms with Gasteiger partial charge >= 0.3 is 0 Å². The molecule has 2 unspecified atom stereocenters. The van der Waals surface area contributed by atoms with Gasteiger partial charge in [0.15, 0.2) is 0 Å². The Morgan fingerprint density at radius 2 is 0.963 bits per heavy atom. The van der Waals surface area contributed by atoms with Gasteiger partial charge in [0.1, 0.15) is 0 Å². The first-order valence-electron chi connectivity index (χ1n) is 12.9. The summed E-state index contributed by atoms with van der Waals surface area (Å²) in [6.45, 7) is 14.9. The van der Waals surface area contributed by atoms with E-state index in [0.717, 1.165) is 35.5 Å². The molecule has 0 aromatic heterocycles. The zero-order valence-electron chi connectivity index (χ0n) is 19.9. The van der Waals surface area contributed by atoms with E-state index >= 15 is 0 Å². The smallest absolute Gasteiger partial charge is 0.0298 e. The lowest BCUT2D eigenvalue weighted by Crippen LogP contribution is -2.37. The number of hydrogen-bond acceptors (Lipinski definition) is 0. The van der Waals surface area contributed by atoms with Crippen LogP contribution < -0.4 is 0 Å². The maximum absolute atomic E-state index is 2.64. The highest BCUT2D eigenvalue weighted by atomic mass is 14.5. The van der Waals surface area contributed by atoms with Crippen molar-refractivity contribution in [3.63, 3.8) is 0 Å². The number of rotatable bonds is 10. The van der Waals surface area contributed by atoms with Gasteiger partial charge in [-0.25, -0.2) is 0 Å². The predicted molar refractivity (Wildman–Crippen MR) is 122 cm³/mol. The summed E-state index contributed by atoms with van der Waals surface area (Å²) in [5.41, 5.74) is 0.587. The van der Waals surface area contributed by atoms with Crippen LogP contribution in [0, 0.1) is 40.9 Å². The molecular formula is C27H52. The molecule has 0 radical (unpaired) electrons. The van der Waals surface area contributed by atoms with Crippen molar-refractivity contribution in [1.82, 2.24) is 0 Å². The van der Waals surface area contributed by atoms with Gasteiger partial charge < -0.3 is 0 Å². The standard InChI is InChI=1S/C27H52/c1-7-21(3)9-11-23-13-17-25(18-14-23)27(5,6)26-19-15-24(16-20-26)12-10-22(4)8-2/h21-26H,7-20H2,1-6H3. The Hall–Kier alpha value is 0. The summed E-state index contributed by atoms with van der Waals surface area (Å²) in [6, 6.07) is 0. The van der Waals surface area contributed by atoms with Crippen LogP contribution in [0.4, 0.5) is 0 Å². The molecule has 0 bridgehead atoms. The summed E-state index contributed by atoms with van der Waals surface area (Å²) >= 11 is 0. The van der Waals surface area contributed by atoms with Gasteiger partial charge in [-0.05, 0) is 66.6 Å². The third-order valence-corrected chi connectivity index (χ3v) is 9.33. The van der Waals surface area contributed by atoms with E-state index in [4.69, 9.17) is 0 Å². The molecule has 2 atom stereocenters. The van der Waals surface area contributed by atoms with Gasteiger partial charge in [0.25, 0.3) is 0 Å². The fourth-order valence-corrected chi connectivity index (χ4v) is 6.17. The normalized spacial score (nSPS) is 32.2. The van der Waals surface area contributed by atoms with E-state index in [-0.39, 0.29) is 0 Å². The molecule has 2 aliphatic carbocycles. The van der Waals surface area contributed by atoms with Crippen LogP contribution >= 0.6 is 0 Å². The van der Waals surface area contributed by atoms with Crippen LogP contribution in [0.5, 0.6) is 0 Å². The fraction of sp³-hybridized carbons (Fsp3) is 1.00. The van der Waals surface area contributed by atoms with Crippen LogP contribution in [-0.4, -0.2) is 0 Å². The Morgan fingerprint density at radius 1 is 0.630 bits per heavy atom. The van der Waals surface area contributed by atoms with E-state index in [1.54, 1.807) is 0 Å². The van der Waals surface area contributed by atoms with Crippen molar-refractivity contribution in [2.45, 2.75) is 131 Å². The van der Waals surface area contributed by atoms with Gasteiger partial charge in [-0.3, -0.25) is 0 Å². The average molecular weight is 377 g/mol. The molecule has 0 aliphatic heterocycles. The second-order valence-corrected chi connectivity index (χ2v) is 11.4. The first-order chi connectivity index (χ1) is 12.9. The number of hydrogen-bond donors (Lipinski definition) is 0. The van der Waals surface area contributed by atoms with Gasteiger partial charge in [-0.15, -0.1) is 0 Å². The molecule has 0 nitrogen and oxygen atoms in total. The van der Waals surface area contributed by atoms with E-state index in [2.05, 4.69) is 41.5 Å². The van der Waals surface area contributed by atoms with Crippen LogP contribution in [0.15, 0.2) is 0 Å². The molecule has 0 aromatic carbocycles. The van der Waals surface area contributed by atoms with E-state index < -0.39 is 0 Å². The largest absolute Gasteiger partial charge is 0.0651 e. The third-order valence-electron chi connectivity index (χ3n) is 9.33. The topological polar surface area (TPSA) is 0 Å². The lowest BCUT2D eigenvalue weighted by molar-refractivity contribution is 0.0360. The maximum atomic E-state index is 2.64. The molecule has 0 aromatic rings. The van der Waals surface area contributed by atoms with Crippen LogP contribution in [-0.2, 0) is 0 Å². The van der Waals surface area contributed by atoms with Crippen molar-refractivity contribution < 1.29 is 0 Å². The molecule has 0 amide bonds. The van der Waals surface area contributed by atoms with Crippen LogP contribution in [0.25, 0.3) is 0 Å². The first-order valence-corrected chi connectivity index (χ1v) is 12.9. The minimum atomic E-state index is 0.587. The lowest BCUT2D eigenvalue weighted by atomic mass is 9.59. The summed E-state index contributed by atoms with van der Waals surface area (Å²) in [7, 11) is 0. The van der Waals surface area contributed by atoms with Crippen LogP contribution in [0.1, 0.15) is 131 Å². The van der Waals surface area contributed by atoms with Crippen LogP contribution in [0.2, 0.25) is 0 Å². The van der Waals surface area contributed by atoms with Crippen molar-refractivity contribution in [3.8, 4) is 0 Å². The third kappa shape index (κ3) is 7.08. The molecule has 160 valence electrons. The molecule has 27 heavy (non-hydrogen) atoms. The summed E-state index contributed by atoms with van der Waals surface area (Å²) in [4.78, 5) is 0. The first kappa shape index (κ1) is 23.3. The molecule has 0 heteroatoms. The van der Waals surface area contributed by atoms with Crippen molar-refractivity contribution in [3.05, 3.63) is 0 Å². The van der Waals surface area contributed by atoms with E-state index in [1.165, 1.54) is 89.9 Å². The average Bonchev–Trinajstić information content (AvgIpc) is 2.70. The molecular weight excluding hydrogens is 324 g/mol. The SMILES string of the molecule is CCC(C)CCC1CCC(C(C)(C)C2CCC(CCC(C)CC)CC2)CC1. The zero-order valence-corrected chi connectivity index (χ0v) is 19.9. The summed E-state index contributed by atoms with van der Waals surface area (Å²) < 4.78 is 0. The minimum absolute atomic E-state index is 0.587. The molecule has 0 saturated heterocycles. The van der Waals surface area contributed by atoms with Crippen LogP contribution in [0.3, 0.4) is 0 Å². The Kier molecular flexibility index (Phi) is 9.70. The second-order valence-electron chi connectivity index (χ2n) is 11.4. The Labute approximate surface area is 172 Å². The molecule has 2 rings (SSSR count). The van der Waals surface area contributed by atoms with Crippen molar-refractivity contribution >= 4 is 0 Å². The van der Waals surface area contributed by atoms with E-state index in [9.17, 15) is 0 Å². The van der Waals surface area contributed by atoms with E-state index in [1.807, 2.05) is 0 Å². The Bertz CT molecular complexity index is 343. The van der Waals surface area contributed by atoms with Gasteiger partial charge in [0.05, 0.1) is 0 Å². The molecule has 0 N–H and O–H groups in total. The van der Waals surface area contributed by atoms with E-state index in [0.29, 0.717) is 5.41 Å². The summed E-state index contributed by atoms with van der Waals surface area (Å²) in [5.74, 6) is 5.96. The van der Waals surface area contributed by atoms with Gasteiger partial charge in [0, 0.05) is 0 Å². The highest BCUT2D eigenvalue weighted by molar-refractivity contribution is 4.90. The highest BCUT2D eigenvalue weighted by Crippen LogP contribution is 2.50. The fourth-order valence-electron chi connectivity index (χ4n) is 6.17. The molecule has 0 heterocycles. The van der Waals surface area contributed by atoms with Gasteiger partial charge in [-0.2, -0.15) is 0 Å². The van der Waals surface area contributed by atoms with Crippen molar-refractivity contribution in [2.75, 3.05) is 0 Å². The monoisotopic (exact) mass is 376 g/mol. The zero-order chi connectivity index (χ0) is 19.9. The lowest BCUT2D eigenvalue weighted by Gasteiger charge is -2.47. The Morgan fingerprint density at radius 3 is 1.26 bits per heavy atom. The maximum Gasteiger partial charge on any atom is -0.0298 e. The molecule has 2 saturated carbocycles. The minimum Gasteiger partial charge on any atom is -0.0651 e. The molecule has 0 spiro atoms. The van der Waals surface area contributed by atoms with Crippen molar-refractivity contribution in [1.29, 1.82) is 0 Å². The molecule has 2 aliphatic rings. The quantitative estimate of drug-likeness (QED) is 0.356. The van der Waals surface area contributed by atoms with Gasteiger partial charge in [-0.1, -0.05) is 106 Å².